The molecule has 2 nitrogen and oxygen atoms in total. The Morgan fingerprint density at radius 2 is 1.84 bits per heavy atom. The molecule has 2 heterocycles. The van der Waals surface area contributed by atoms with Crippen LogP contribution < -0.4 is 0 Å². The molecular formula is C23H18N2. The van der Waals surface area contributed by atoms with Crippen LogP contribution in [0.15, 0.2) is 66.9 Å². The van der Waals surface area contributed by atoms with E-state index < -0.39 is 0 Å². The standard InChI is InChI=1S/C23H18N2/c1-2-15-10-11-20-18(13-15)22-17-8-4-3-7-16(17)14-19(22)23(25-20)21-9-5-6-12-24-21/h3-13H,2,14H2,1H3. The molecule has 0 fully saturated rings. The molecule has 0 saturated heterocycles. The van der Waals surface area contributed by atoms with E-state index in [1.165, 1.54) is 33.2 Å². The molecule has 0 atom stereocenters. The van der Waals surface area contributed by atoms with Gasteiger partial charge in [-0.25, -0.2) is 4.98 Å². The molecule has 0 bridgehead atoms. The van der Waals surface area contributed by atoms with Gasteiger partial charge < -0.3 is 0 Å². The van der Waals surface area contributed by atoms with Gasteiger partial charge >= 0.3 is 0 Å². The zero-order valence-electron chi connectivity index (χ0n) is 14.2. The lowest BCUT2D eigenvalue weighted by atomic mass is 9.96. The summed E-state index contributed by atoms with van der Waals surface area (Å²) in [5, 5.41) is 1.26. The third-order valence-corrected chi connectivity index (χ3v) is 5.12. The maximum absolute atomic E-state index is 5.01. The Bertz CT molecular complexity index is 1100. The van der Waals surface area contributed by atoms with Crippen molar-refractivity contribution in [3.8, 4) is 22.5 Å². The number of aromatic nitrogens is 2. The van der Waals surface area contributed by atoms with Crippen LogP contribution >= 0.6 is 0 Å². The smallest absolute Gasteiger partial charge is 0.0935 e. The molecule has 1 aliphatic carbocycles. The van der Waals surface area contributed by atoms with Gasteiger partial charge in [-0.2, -0.15) is 0 Å². The quantitative estimate of drug-likeness (QED) is 0.433. The highest BCUT2D eigenvalue weighted by molar-refractivity contribution is 6.02. The SMILES string of the molecule is CCc1ccc2nc(-c3ccccn3)c3c(c2c1)-c1ccccc1C3. The molecule has 1 aliphatic rings. The van der Waals surface area contributed by atoms with Crippen LogP contribution in [0.3, 0.4) is 0 Å². The Balaban J connectivity index is 1.90. The number of aryl methyl sites for hydroxylation is 1. The Labute approximate surface area is 147 Å². The number of pyridine rings is 2. The fraction of sp³-hybridized carbons (Fsp3) is 0.130. The summed E-state index contributed by atoms with van der Waals surface area (Å²) in [7, 11) is 0. The van der Waals surface area contributed by atoms with Crippen LogP contribution in [0.5, 0.6) is 0 Å². The molecule has 0 radical (unpaired) electrons. The van der Waals surface area contributed by atoms with Gasteiger partial charge in [-0.05, 0) is 58.5 Å². The third kappa shape index (κ3) is 2.18. The van der Waals surface area contributed by atoms with E-state index in [9.17, 15) is 0 Å². The van der Waals surface area contributed by atoms with Crippen LogP contribution in [-0.4, -0.2) is 9.97 Å². The average molecular weight is 322 g/mol. The summed E-state index contributed by atoms with van der Waals surface area (Å²) in [4.78, 5) is 9.58. The maximum atomic E-state index is 5.01. The lowest BCUT2D eigenvalue weighted by Crippen LogP contribution is -1.96. The minimum Gasteiger partial charge on any atom is -0.255 e. The van der Waals surface area contributed by atoms with E-state index in [4.69, 9.17) is 4.98 Å². The van der Waals surface area contributed by atoms with Crippen molar-refractivity contribution >= 4 is 10.9 Å². The molecule has 0 N–H and O–H groups in total. The van der Waals surface area contributed by atoms with Gasteiger partial charge in [0.1, 0.15) is 0 Å². The van der Waals surface area contributed by atoms with E-state index in [0.717, 1.165) is 29.7 Å². The molecule has 25 heavy (non-hydrogen) atoms. The summed E-state index contributed by atoms with van der Waals surface area (Å²) in [6.45, 7) is 2.20. The van der Waals surface area contributed by atoms with Gasteiger partial charge in [-0.3, -0.25) is 4.98 Å². The van der Waals surface area contributed by atoms with Crippen molar-refractivity contribution in [2.75, 3.05) is 0 Å². The van der Waals surface area contributed by atoms with Crippen LogP contribution in [0.4, 0.5) is 0 Å². The van der Waals surface area contributed by atoms with Crippen LogP contribution in [-0.2, 0) is 12.8 Å². The second-order valence-electron chi connectivity index (χ2n) is 6.57. The first-order chi connectivity index (χ1) is 12.3. The van der Waals surface area contributed by atoms with Gasteiger partial charge in [-0.15, -0.1) is 0 Å². The molecule has 0 aliphatic heterocycles. The molecule has 4 aromatic rings. The van der Waals surface area contributed by atoms with Crippen molar-refractivity contribution in [3.63, 3.8) is 0 Å². The molecule has 120 valence electrons. The number of fused-ring (bicyclic) bond motifs is 5. The zero-order chi connectivity index (χ0) is 16.8. The summed E-state index contributed by atoms with van der Waals surface area (Å²) in [6.07, 6.45) is 3.81. The minimum atomic E-state index is 0.927. The number of benzene rings is 2. The molecule has 0 amide bonds. The third-order valence-electron chi connectivity index (χ3n) is 5.12. The highest BCUT2D eigenvalue weighted by Crippen LogP contribution is 2.44. The zero-order valence-corrected chi connectivity index (χ0v) is 14.2. The predicted octanol–water partition coefficient (Wildman–Crippen LogP) is 5.43. The summed E-state index contributed by atoms with van der Waals surface area (Å²) in [5.41, 5.74) is 9.75. The second-order valence-corrected chi connectivity index (χ2v) is 6.57. The molecule has 5 rings (SSSR count). The van der Waals surface area contributed by atoms with E-state index in [2.05, 4.69) is 60.4 Å². The van der Waals surface area contributed by atoms with E-state index in [1.54, 1.807) is 0 Å². The van der Waals surface area contributed by atoms with Gasteiger partial charge in [0.25, 0.3) is 0 Å². The number of rotatable bonds is 2. The molecule has 0 saturated carbocycles. The van der Waals surface area contributed by atoms with Crippen molar-refractivity contribution in [1.82, 2.24) is 9.97 Å². The van der Waals surface area contributed by atoms with Gasteiger partial charge in [-0.1, -0.05) is 43.3 Å². The first-order valence-electron chi connectivity index (χ1n) is 8.80. The highest BCUT2D eigenvalue weighted by Gasteiger charge is 2.25. The first kappa shape index (κ1) is 14.4. The molecule has 2 aromatic heterocycles. The Morgan fingerprint density at radius 3 is 2.68 bits per heavy atom. The van der Waals surface area contributed by atoms with Crippen molar-refractivity contribution in [2.45, 2.75) is 19.8 Å². The van der Waals surface area contributed by atoms with Crippen LogP contribution in [0, 0.1) is 0 Å². The van der Waals surface area contributed by atoms with Gasteiger partial charge in [0.05, 0.1) is 16.9 Å². The molecule has 0 unspecified atom stereocenters. The topological polar surface area (TPSA) is 25.8 Å². The number of hydrogen-bond acceptors (Lipinski definition) is 2. The van der Waals surface area contributed by atoms with Crippen molar-refractivity contribution in [2.24, 2.45) is 0 Å². The lowest BCUT2D eigenvalue weighted by Gasteiger charge is -2.12. The highest BCUT2D eigenvalue weighted by atomic mass is 14.8. The fourth-order valence-corrected chi connectivity index (χ4v) is 3.87. The molecule has 0 spiro atoms. The normalized spacial score (nSPS) is 12.2. The minimum absolute atomic E-state index is 0.927. The Kier molecular flexibility index (Phi) is 3.17. The van der Waals surface area contributed by atoms with Gasteiger partial charge in [0, 0.05) is 18.0 Å². The van der Waals surface area contributed by atoms with Crippen LogP contribution in [0.2, 0.25) is 0 Å². The predicted molar refractivity (Wildman–Crippen MR) is 103 cm³/mol. The van der Waals surface area contributed by atoms with Gasteiger partial charge in [0.15, 0.2) is 0 Å². The average Bonchev–Trinajstić information content (AvgIpc) is 3.07. The number of hydrogen-bond donors (Lipinski definition) is 0. The van der Waals surface area contributed by atoms with Crippen LogP contribution in [0.1, 0.15) is 23.6 Å². The first-order valence-corrected chi connectivity index (χ1v) is 8.80. The monoisotopic (exact) mass is 322 g/mol. The summed E-state index contributed by atoms with van der Waals surface area (Å²) >= 11 is 0. The van der Waals surface area contributed by atoms with Crippen molar-refractivity contribution < 1.29 is 0 Å². The summed E-state index contributed by atoms with van der Waals surface area (Å²) in [6, 6.07) is 21.4. The summed E-state index contributed by atoms with van der Waals surface area (Å²) in [5.74, 6) is 0. The number of nitrogens with zero attached hydrogens (tertiary/aromatic N) is 2. The van der Waals surface area contributed by atoms with Crippen molar-refractivity contribution in [1.29, 1.82) is 0 Å². The largest absolute Gasteiger partial charge is 0.255 e. The molecule has 2 aromatic carbocycles. The Morgan fingerprint density at radius 1 is 0.960 bits per heavy atom. The Hall–Kier alpha value is -3.00. The summed E-state index contributed by atoms with van der Waals surface area (Å²) < 4.78 is 0. The fourth-order valence-electron chi connectivity index (χ4n) is 3.87. The van der Waals surface area contributed by atoms with E-state index in [1.807, 2.05) is 18.3 Å². The second kappa shape index (κ2) is 5.52. The van der Waals surface area contributed by atoms with E-state index in [0.29, 0.717) is 0 Å². The molecular weight excluding hydrogens is 304 g/mol. The molecule has 2 heteroatoms. The lowest BCUT2D eigenvalue weighted by molar-refractivity contribution is 1.14. The van der Waals surface area contributed by atoms with Crippen molar-refractivity contribution in [3.05, 3.63) is 83.6 Å². The van der Waals surface area contributed by atoms with E-state index >= 15 is 0 Å². The van der Waals surface area contributed by atoms with E-state index in [-0.39, 0.29) is 0 Å². The van der Waals surface area contributed by atoms with Gasteiger partial charge in [0.2, 0.25) is 0 Å². The maximum Gasteiger partial charge on any atom is 0.0935 e. The van der Waals surface area contributed by atoms with Crippen LogP contribution in [0.25, 0.3) is 33.4 Å².